The van der Waals surface area contributed by atoms with Gasteiger partial charge >= 0.3 is 0 Å². The van der Waals surface area contributed by atoms with Gasteiger partial charge in [-0.05, 0) is 12.8 Å². The summed E-state index contributed by atoms with van der Waals surface area (Å²) in [6.45, 7) is 3.54. The van der Waals surface area contributed by atoms with Gasteiger partial charge in [0.15, 0.2) is 6.29 Å². The summed E-state index contributed by atoms with van der Waals surface area (Å²) in [5.74, 6) is -0.685. The maximum absolute atomic E-state index is 13.3. The summed E-state index contributed by atoms with van der Waals surface area (Å²) in [5.41, 5.74) is 0. The highest BCUT2D eigenvalue weighted by Gasteiger charge is 2.44. The molecule has 1 rings (SSSR count). The van der Waals surface area contributed by atoms with Gasteiger partial charge in [-0.15, -0.1) is 0 Å². The number of hydrogen-bond acceptors (Lipinski definition) is 10. The molecule has 0 aliphatic carbocycles. The van der Waals surface area contributed by atoms with Gasteiger partial charge in [-0.2, -0.15) is 0 Å². The van der Waals surface area contributed by atoms with Gasteiger partial charge in [0.1, 0.15) is 36.6 Å². The number of amides is 1. The fourth-order valence-corrected chi connectivity index (χ4v) is 13.2. The van der Waals surface area contributed by atoms with E-state index in [4.69, 9.17) is 9.47 Å². The van der Waals surface area contributed by atoms with E-state index >= 15 is 0 Å². The van der Waals surface area contributed by atoms with Crippen LogP contribution in [0.15, 0.2) is 0 Å². The summed E-state index contributed by atoms with van der Waals surface area (Å²) in [6.07, 6.45) is 69.2. The van der Waals surface area contributed by atoms with Gasteiger partial charge in [-0.1, -0.05) is 399 Å². The van der Waals surface area contributed by atoms with E-state index in [1.54, 1.807) is 0 Å². The van der Waals surface area contributed by atoms with Crippen molar-refractivity contribution in [3.63, 3.8) is 0 Å². The summed E-state index contributed by atoms with van der Waals surface area (Å²) in [7, 11) is 0. The zero-order valence-corrected chi connectivity index (χ0v) is 57.8. The number of nitrogens with one attached hydrogen (secondary N) is 1. The first kappa shape index (κ1) is 84.1. The lowest BCUT2D eigenvalue weighted by Crippen LogP contribution is -2.60. The van der Waals surface area contributed by atoms with Crippen LogP contribution >= 0.6 is 0 Å². The van der Waals surface area contributed by atoms with Crippen molar-refractivity contribution < 1.29 is 50.0 Å². The maximum Gasteiger partial charge on any atom is 0.249 e. The third-order valence-electron chi connectivity index (χ3n) is 19.4. The van der Waals surface area contributed by atoms with Crippen molar-refractivity contribution >= 4 is 5.91 Å². The molecule has 1 aliphatic heterocycles. The Bertz CT molecular complexity index is 1380. The van der Waals surface area contributed by atoms with Crippen LogP contribution in [-0.4, -0.2) is 110 Å². The predicted octanol–water partition coefficient (Wildman–Crippen LogP) is 19.6. The van der Waals surface area contributed by atoms with Crippen LogP contribution in [0.5, 0.6) is 0 Å². The highest BCUT2D eigenvalue weighted by Crippen LogP contribution is 2.25. The Kier molecular flexibility index (Phi) is 63.0. The average Bonchev–Trinajstić information content (AvgIpc) is 1.97. The molecule has 0 aromatic heterocycles. The van der Waals surface area contributed by atoms with E-state index in [2.05, 4.69) is 19.2 Å². The second-order valence-corrected chi connectivity index (χ2v) is 27.8. The Hall–Kier alpha value is -0.890. The molecule has 1 amide bonds. The van der Waals surface area contributed by atoms with Crippen LogP contribution in [0.3, 0.4) is 0 Å². The van der Waals surface area contributed by atoms with Crippen molar-refractivity contribution in [2.24, 2.45) is 0 Å². The van der Waals surface area contributed by atoms with Crippen molar-refractivity contribution in [1.82, 2.24) is 5.32 Å². The lowest BCUT2D eigenvalue weighted by molar-refractivity contribution is -0.303. The van der Waals surface area contributed by atoms with Crippen LogP contribution in [0.4, 0.5) is 0 Å². The lowest BCUT2D eigenvalue weighted by atomic mass is 9.98. The van der Waals surface area contributed by atoms with E-state index in [9.17, 15) is 40.5 Å². The van der Waals surface area contributed by atoms with Crippen LogP contribution in [-0.2, 0) is 14.3 Å². The molecule has 0 spiro atoms. The van der Waals surface area contributed by atoms with Gasteiger partial charge in [-0.25, -0.2) is 0 Å². The number of hydrogen-bond donors (Lipinski definition) is 8. The maximum atomic E-state index is 13.3. The van der Waals surface area contributed by atoms with Gasteiger partial charge in [0, 0.05) is 0 Å². The zero-order chi connectivity index (χ0) is 63.1. The number of unbranched alkanes of at least 4 members (excludes halogenated alkanes) is 58. The van der Waals surface area contributed by atoms with E-state index in [-0.39, 0.29) is 6.42 Å². The van der Waals surface area contributed by atoms with E-state index in [1.165, 1.54) is 334 Å². The minimum absolute atomic E-state index is 0.268. The third kappa shape index (κ3) is 52.2. The second-order valence-electron chi connectivity index (χ2n) is 27.8. The van der Waals surface area contributed by atoms with Crippen molar-refractivity contribution in [2.45, 2.75) is 467 Å². The van der Waals surface area contributed by atoms with Gasteiger partial charge < -0.3 is 50.5 Å². The number of aliphatic hydroxyl groups is 7. The van der Waals surface area contributed by atoms with Crippen LogP contribution < -0.4 is 5.32 Å². The molecule has 1 fully saturated rings. The molecule has 0 aromatic rings. The monoisotopic (exact) mass is 1240 g/mol. The molecule has 1 heterocycles. The molecular weight excluding hydrogens is 1090 g/mol. The van der Waals surface area contributed by atoms with Crippen LogP contribution in [0.1, 0.15) is 412 Å². The summed E-state index contributed by atoms with van der Waals surface area (Å²) in [4.78, 5) is 13.3. The predicted molar refractivity (Wildman–Crippen MR) is 367 cm³/mol. The minimum Gasteiger partial charge on any atom is -0.394 e. The van der Waals surface area contributed by atoms with E-state index in [1.807, 2.05) is 0 Å². The summed E-state index contributed by atoms with van der Waals surface area (Å²) >= 11 is 0. The first-order valence-corrected chi connectivity index (χ1v) is 38.9. The molecule has 11 nitrogen and oxygen atoms in total. The second kappa shape index (κ2) is 65.2. The normalized spacial score (nSPS) is 18.6. The Morgan fingerprint density at radius 3 is 0.851 bits per heavy atom. The van der Waals surface area contributed by atoms with Gasteiger partial charge in [0.2, 0.25) is 5.91 Å². The van der Waals surface area contributed by atoms with E-state index in [0.29, 0.717) is 19.3 Å². The molecule has 0 saturated carbocycles. The van der Waals surface area contributed by atoms with Crippen LogP contribution in [0.25, 0.3) is 0 Å². The highest BCUT2D eigenvalue weighted by molar-refractivity contribution is 5.80. The molecule has 9 atom stereocenters. The molecule has 1 saturated heterocycles. The van der Waals surface area contributed by atoms with Crippen LogP contribution in [0.2, 0.25) is 0 Å². The standard InChI is InChI=1S/C76H151NO10/c1-3-5-7-9-11-13-15-17-19-21-23-25-27-29-31-33-35-37-39-41-43-45-47-49-51-53-55-57-59-61-63-68(79)71(81)67(66-86-76-74(84)73(83)72(82)70(65-78)87-76)77-75(85)69(80)64-62-60-58-56-54-52-50-48-46-44-42-40-38-36-34-32-30-28-26-24-22-20-18-16-14-12-10-8-6-4-2/h67-74,76,78-84H,3-66H2,1-2H3,(H,77,85). The Morgan fingerprint density at radius 1 is 0.356 bits per heavy atom. The smallest absolute Gasteiger partial charge is 0.249 e. The first-order chi connectivity index (χ1) is 42.7. The molecule has 87 heavy (non-hydrogen) atoms. The number of aliphatic hydroxyl groups excluding tert-OH is 7. The third-order valence-corrected chi connectivity index (χ3v) is 19.4. The average molecular weight is 1240 g/mol. The summed E-state index contributed by atoms with van der Waals surface area (Å²) in [5, 5.41) is 76.7. The fourth-order valence-electron chi connectivity index (χ4n) is 13.2. The number of carbonyl (C=O) groups excluding carboxylic acids is 1. The Morgan fingerprint density at radius 2 is 0.598 bits per heavy atom. The number of carbonyl (C=O) groups is 1. The van der Waals surface area contributed by atoms with E-state index in [0.717, 1.165) is 38.5 Å². The van der Waals surface area contributed by atoms with Crippen molar-refractivity contribution in [1.29, 1.82) is 0 Å². The van der Waals surface area contributed by atoms with Crippen molar-refractivity contribution in [3.05, 3.63) is 0 Å². The SMILES string of the molecule is CCCCCCCCCCCCCCCCCCCCCCCCCCCCCCCCC(O)C(=O)NC(COC1OC(CO)C(O)C(O)C1O)C(O)C(O)CCCCCCCCCCCCCCCCCCCCCCCCCCCCCCCC. The highest BCUT2D eigenvalue weighted by atomic mass is 16.7. The van der Waals surface area contributed by atoms with Crippen molar-refractivity contribution in [2.75, 3.05) is 13.2 Å². The fraction of sp³-hybridized carbons (Fsp3) is 0.987. The minimum atomic E-state index is -1.66. The van der Waals surface area contributed by atoms with Gasteiger partial charge in [-0.3, -0.25) is 4.79 Å². The van der Waals surface area contributed by atoms with Crippen molar-refractivity contribution in [3.8, 4) is 0 Å². The number of ether oxygens (including phenoxy) is 2. The Balaban J connectivity index is 2.13. The zero-order valence-electron chi connectivity index (χ0n) is 57.8. The molecule has 0 bridgehead atoms. The topological polar surface area (TPSA) is 189 Å². The largest absolute Gasteiger partial charge is 0.394 e. The number of rotatable bonds is 70. The molecule has 0 aromatic carbocycles. The molecule has 0 radical (unpaired) electrons. The van der Waals surface area contributed by atoms with Gasteiger partial charge in [0.25, 0.3) is 0 Å². The Labute approximate surface area is 539 Å². The molecule has 520 valence electrons. The molecule has 11 heteroatoms. The molecular formula is C76H151NO10. The molecule has 9 unspecified atom stereocenters. The lowest BCUT2D eigenvalue weighted by Gasteiger charge is -2.40. The molecule has 1 aliphatic rings. The van der Waals surface area contributed by atoms with E-state index < -0.39 is 74.2 Å². The molecule has 8 N–H and O–H groups in total. The summed E-state index contributed by atoms with van der Waals surface area (Å²) < 4.78 is 11.2. The van der Waals surface area contributed by atoms with Crippen LogP contribution in [0, 0.1) is 0 Å². The first-order valence-electron chi connectivity index (χ1n) is 38.9. The van der Waals surface area contributed by atoms with Gasteiger partial charge in [0.05, 0.1) is 25.4 Å². The summed E-state index contributed by atoms with van der Waals surface area (Å²) in [6, 6.07) is -1.17. The quantitative estimate of drug-likeness (QED) is 0.0272.